The smallest absolute Gasteiger partial charge is 0.241 e. The zero-order chi connectivity index (χ0) is 18.6. The minimum atomic E-state index is -0.168. The largest absolute Gasteiger partial charge is 0.330 e. The summed E-state index contributed by atoms with van der Waals surface area (Å²) >= 11 is 1.66. The van der Waals surface area contributed by atoms with Crippen LogP contribution in [-0.4, -0.2) is 36.5 Å². The number of nitrogens with zero attached hydrogens (tertiary/aromatic N) is 1. The Hall–Kier alpha value is -1.53. The number of halogens is 1. The fourth-order valence-electron chi connectivity index (χ4n) is 3.24. The molecule has 0 aliphatic carbocycles. The number of hydrogen-bond donors (Lipinski definition) is 2. The Kier molecular flexibility index (Phi) is 7.74. The van der Waals surface area contributed by atoms with Crippen molar-refractivity contribution in [2.45, 2.75) is 36.1 Å². The molecule has 146 valence electrons. The first-order chi connectivity index (χ1) is 12.5. The minimum Gasteiger partial charge on any atom is -0.330 e. The number of likely N-dealkylation sites (tertiary alicyclic amines) is 1. The molecule has 0 spiro atoms. The molecule has 0 saturated carbocycles. The lowest BCUT2D eigenvalue weighted by atomic mass is 9.90. The average Bonchev–Trinajstić information content (AvgIpc) is 3.06. The molecule has 2 unspecified atom stereocenters. The van der Waals surface area contributed by atoms with Gasteiger partial charge in [-0.1, -0.05) is 49.0 Å². The zero-order valence-electron chi connectivity index (χ0n) is 15.9. The fraction of sp³-hybridized carbons (Fsp3) is 0.381. The summed E-state index contributed by atoms with van der Waals surface area (Å²) in [6.07, 6.45) is 1.04. The van der Waals surface area contributed by atoms with E-state index in [0.717, 1.165) is 35.0 Å². The van der Waals surface area contributed by atoms with E-state index in [0.29, 0.717) is 6.54 Å². The Bertz CT molecular complexity index is 758. The number of para-hydroxylation sites is 1. The number of nitrogens with two attached hydrogens (primary N) is 1. The summed E-state index contributed by atoms with van der Waals surface area (Å²) in [7, 11) is 0. The van der Waals surface area contributed by atoms with E-state index in [-0.39, 0.29) is 29.8 Å². The van der Waals surface area contributed by atoms with E-state index in [4.69, 9.17) is 5.73 Å². The van der Waals surface area contributed by atoms with Gasteiger partial charge in [0.1, 0.15) is 0 Å². The monoisotopic (exact) mass is 405 g/mol. The molecule has 1 heterocycles. The normalized spacial score (nSPS) is 20.7. The number of rotatable bonds is 6. The number of carbonyl (C=O) groups excluding carboxylic acids is 1. The number of benzene rings is 2. The van der Waals surface area contributed by atoms with Crippen molar-refractivity contribution in [3.8, 4) is 0 Å². The van der Waals surface area contributed by atoms with Crippen molar-refractivity contribution in [3.63, 3.8) is 0 Å². The van der Waals surface area contributed by atoms with Crippen LogP contribution in [0.2, 0.25) is 0 Å². The standard InChI is InChI=1S/C21H27N3OS.ClH/c1-16(24-13-12-21(2,14-22)15-24)20(25)23-18-10-6-7-11-19(18)26-17-8-4-3-5-9-17;/h3-11,16H,12-15,22H2,1-2H3,(H,23,25);1H. The van der Waals surface area contributed by atoms with Gasteiger partial charge in [-0.05, 0) is 56.1 Å². The van der Waals surface area contributed by atoms with Gasteiger partial charge < -0.3 is 11.1 Å². The van der Waals surface area contributed by atoms with Crippen LogP contribution in [-0.2, 0) is 4.79 Å². The van der Waals surface area contributed by atoms with Gasteiger partial charge in [-0.3, -0.25) is 9.69 Å². The van der Waals surface area contributed by atoms with Gasteiger partial charge in [0.05, 0.1) is 11.7 Å². The van der Waals surface area contributed by atoms with Crippen molar-refractivity contribution in [1.29, 1.82) is 0 Å². The fourth-order valence-corrected chi connectivity index (χ4v) is 4.16. The Labute approximate surface area is 172 Å². The summed E-state index contributed by atoms with van der Waals surface area (Å²) in [5, 5.41) is 3.12. The first kappa shape index (κ1) is 21.8. The number of carbonyl (C=O) groups is 1. The van der Waals surface area contributed by atoms with Crippen LogP contribution in [0.5, 0.6) is 0 Å². The van der Waals surface area contributed by atoms with E-state index in [1.165, 1.54) is 0 Å². The third-order valence-corrected chi connectivity index (χ3v) is 6.21. The van der Waals surface area contributed by atoms with Gasteiger partial charge >= 0.3 is 0 Å². The Morgan fingerprint density at radius 1 is 1.22 bits per heavy atom. The lowest BCUT2D eigenvalue weighted by Gasteiger charge is -2.26. The van der Waals surface area contributed by atoms with Crippen LogP contribution in [0.4, 0.5) is 5.69 Å². The molecule has 0 radical (unpaired) electrons. The Balaban J connectivity index is 0.00000261. The van der Waals surface area contributed by atoms with Crippen LogP contribution < -0.4 is 11.1 Å². The molecule has 4 nitrogen and oxygen atoms in total. The third-order valence-electron chi connectivity index (χ3n) is 5.12. The van der Waals surface area contributed by atoms with E-state index >= 15 is 0 Å². The van der Waals surface area contributed by atoms with E-state index in [2.05, 4.69) is 29.3 Å². The maximum atomic E-state index is 12.8. The highest BCUT2D eigenvalue weighted by Crippen LogP contribution is 2.34. The van der Waals surface area contributed by atoms with Crippen LogP contribution in [0.1, 0.15) is 20.3 Å². The van der Waals surface area contributed by atoms with Crippen molar-refractivity contribution in [2.75, 3.05) is 25.0 Å². The molecule has 0 bridgehead atoms. The van der Waals surface area contributed by atoms with Crippen LogP contribution in [0.25, 0.3) is 0 Å². The highest BCUT2D eigenvalue weighted by molar-refractivity contribution is 7.99. The van der Waals surface area contributed by atoms with Gasteiger partial charge in [0.15, 0.2) is 0 Å². The highest BCUT2D eigenvalue weighted by atomic mass is 35.5. The SMILES string of the molecule is CC(C(=O)Nc1ccccc1Sc1ccccc1)N1CCC(C)(CN)C1.Cl. The van der Waals surface area contributed by atoms with E-state index in [1.807, 2.05) is 49.4 Å². The second kappa shape index (κ2) is 9.60. The van der Waals surface area contributed by atoms with Crippen molar-refractivity contribution in [3.05, 3.63) is 54.6 Å². The molecule has 1 saturated heterocycles. The third kappa shape index (κ3) is 5.48. The Morgan fingerprint density at radius 2 is 1.89 bits per heavy atom. The molecule has 0 aromatic heterocycles. The van der Waals surface area contributed by atoms with E-state index in [9.17, 15) is 4.79 Å². The first-order valence-electron chi connectivity index (χ1n) is 9.08. The Morgan fingerprint density at radius 3 is 2.56 bits per heavy atom. The maximum Gasteiger partial charge on any atom is 0.241 e. The lowest BCUT2D eigenvalue weighted by Crippen LogP contribution is -2.42. The summed E-state index contributed by atoms with van der Waals surface area (Å²) in [4.78, 5) is 17.2. The van der Waals surface area contributed by atoms with Gasteiger partial charge in [-0.15, -0.1) is 12.4 Å². The molecule has 6 heteroatoms. The first-order valence-corrected chi connectivity index (χ1v) is 9.89. The van der Waals surface area contributed by atoms with Crippen molar-refractivity contribution < 1.29 is 4.79 Å². The van der Waals surface area contributed by atoms with Gasteiger partial charge in [0.25, 0.3) is 0 Å². The van der Waals surface area contributed by atoms with Crippen LogP contribution in [0.15, 0.2) is 64.4 Å². The topological polar surface area (TPSA) is 58.4 Å². The molecular formula is C21H28ClN3OS. The average molecular weight is 406 g/mol. The quantitative estimate of drug-likeness (QED) is 0.753. The highest BCUT2D eigenvalue weighted by Gasteiger charge is 2.36. The number of hydrogen-bond acceptors (Lipinski definition) is 4. The second-order valence-corrected chi connectivity index (χ2v) is 8.43. The molecule has 1 aliphatic heterocycles. The van der Waals surface area contributed by atoms with Gasteiger partial charge in [-0.25, -0.2) is 0 Å². The molecule has 3 N–H and O–H groups in total. The van der Waals surface area contributed by atoms with Gasteiger partial charge in [-0.2, -0.15) is 0 Å². The van der Waals surface area contributed by atoms with Crippen molar-refractivity contribution in [1.82, 2.24) is 4.90 Å². The maximum absolute atomic E-state index is 12.8. The second-order valence-electron chi connectivity index (χ2n) is 7.31. The molecule has 1 amide bonds. The summed E-state index contributed by atoms with van der Waals surface area (Å²) in [6, 6.07) is 18.0. The minimum absolute atomic E-state index is 0. The predicted molar refractivity (Wildman–Crippen MR) is 116 cm³/mol. The van der Waals surface area contributed by atoms with Crippen molar-refractivity contribution in [2.24, 2.45) is 11.1 Å². The summed E-state index contributed by atoms with van der Waals surface area (Å²) in [6.45, 7) is 6.63. The molecule has 27 heavy (non-hydrogen) atoms. The summed E-state index contributed by atoms with van der Waals surface area (Å²) < 4.78 is 0. The van der Waals surface area contributed by atoms with E-state index < -0.39 is 0 Å². The number of nitrogens with one attached hydrogen (secondary N) is 1. The molecule has 2 aromatic carbocycles. The van der Waals surface area contributed by atoms with E-state index in [1.54, 1.807) is 11.8 Å². The number of anilines is 1. The molecule has 1 aliphatic rings. The van der Waals surface area contributed by atoms with Gasteiger partial charge in [0.2, 0.25) is 5.91 Å². The van der Waals surface area contributed by atoms with Crippen LogP contribution >= 0.6 is 24.2 Å². The number of amides is 1. The molecule has 2 atom stereocenters. The lowest BCUT2D eigenvalue weighted by molar-refractivity contribution is -0.120. The summed E-state index contributed by atoms with van der Waals surface area (Å²) in [5.41, 5.74) is 6.87. The molecule has 2 aromatic rings. The molecular weight excluding hydrogens is 378 g/mol. The van der Waals surface area contributed by atoms with Gasteiger partial charge in [0, 0.05) is 16.3 Å². The summed E-state index contributed by atoms with van der Waals surface area (Å²) in [5.74, 6) is 0.0346. The van der Waals surface area contributed by atoms with Crippen molar-refractivity contribution >= 4 is 35.8 Å². The zero-order valence-corrected chi connectivity index (χ0v) is 17.5. The molecule has 3 rings (SSSR count). The van der Waals surface area contributed by atoms with Crippen LogP contribution in [0.3, 0.4) is 0 Å². The predicted octanol–water partition coefficient (Wildman–Crippen LogP) is 4.26. The molecule has 1 fully saturated rings. The van der Waals surface area contributed by atoms with Crippen LogP contribution in [0, 0.1) is 5.41 Å².